The summed E-state index contributed by atoms with van der Waals surface area (Å²) in [6, 6.07) is 10.5. The van der Waals surface area contributed by atoms with E-state index in [0.29, 0.717) is 12.8 Å². The highest BCUT2D eigenvalue weighted by atomic mass is 32.1. The third kappa shape index (κ3) is 5.30. The Bertz CT molecular complexity index is 941. The van der Waals surface area contributed by atoms with Gasteiger partial charge in [-0.3, -0.25) is 9.59 Å². The van der Waals surface area contributed by atoms with Gasteiger partial charge in [-0.25, -0.2) is 13.8 Å². The maximum absolute atomic E-state index is 13.4. The number of carbonyl (C=O) groups excluding carboxylic acids is 2. The molecule has 0 saturated carbocycles. The Balaban J connectivity index is 1.40. The first-order chi connectivity index (χ1) is 13.0. The van der Waals surface area contributed by atoms with Gasteiger partial charge in [0.05, 0.1) is 20.9 Å². The molecule has 0 aliphatic heterocycles. The molecule has 0 radical (unpaired) electrons. The molecular formula is C19H16F2N2O3S. The average Bonchev–Trinajstić information content (AvgIpc) is 3.06. The zero-order valence-corrected chi connectivity index (χ0v) is 15.0. The predicted molar refractivity (Wildman–Crippen MR) is 98.5 cm³/mol. The molecule has 0 fully saturated rings. The van der Waals surface area contributed by atoms with Gasteiger partial charge < -0.3 is 10.1 Å². The maximum atomic E-state index is 13.4. The van der Waals surface area contributed by atoms with Crippen LogP contribution >= 0.6 is 11.3 Å². The van der Waals surface area contributed by atoms with Crippen molar-refractivity contribution in [1.29, 1.82) is 0 Å². The van der Waals surface area contributed by atoms with Gasteiger partial charge in [0.25, 0.3) is 5.91 Å². The van der Waals surface area contributed by atoms with Crippen LogP contribution in [0.5, 0.6) is 0 Å². The van der Waals surface area contributed by atoms with Crippen LogP contribution in [0.2, 0.25) is 0 Å². The summed E-state index contributed by atoms with van der Waals surface area (Å²) in [5.74, 6) is -2.73. The quantitative estimate of drug-likeness (QED) is 0.618. The lowest BCUT2D eigenvalue weighted by Crippen LogP contribution is -2.21. The molecular weight excluding hydrogens is 374 g/mol. The van der Waals surface area contributed by atoms with Crippen molar-refractivity contribution in [2.75, 3.05) is 11.9 Å². The molecule has 0 atom stereocenters. The number of para-hydroxylation sites is 1. The summed E-state index contributed by atoms with van der Waals surface area (Å²) in [4.78, 5) is 27.9. The summed E-state index contributed by atoms with van der Waals surface area (Å²) in [6.07, 6.45) is 1.31. The van der Waals surface area contributed by atoms with E-state index >= 15 is 0 Å². The minimum absolute atomic E-state index is 0.136. The van der Waals surface area contributed by atoms with E-state index in [4.69, 9.17) is 4.74 Å². The number of anilines is 1. The largest absolute Gasteiger partial charge is 0.456 e. The van der Waals surface area contributed by atoms with Crippen LogP contribution in [0.1, 0.15) is 17.8 Å². The van der Waals surface area contributed by atoms with Crippen molar-refractivity contribution in [2.45, 2.75) is 19.3 Å². The number of rotatable bonds is 7. The second-order valence-corrected chi connectivity index (χ2v) is 6.88. The molecule has 2 aromatic carbocycles. The van der Waals surface area contributed by atoms with Gasteiger partial charge in [0.15, 0.2) is 6.61 Å². The number of esters is 1. The Labute approximate surface area is 158 Å². The van der Waals surface area contributed by atoms with Crippen molar-refractivity contribution >= 4 is 39.1 Å². The van der Waals surface area contributed by atoms with Gasteiger partial charge in [-0.15, -0.1) is 11.3 Å². The van der Waals surface area contributed by atoms with Gasteiger partial charge in [-0.1, -0.05) is 12.1 Å². The van der Waals surface area contributed by atoms with Gasteiger partial charge in [0, 0.05) is 12.5 Å². The number of aryl methyl sites for hydroxylation is 1. The van der Waals surface area contributed by atoms with Crippen LogP contribution in [0.3, 0.4) is 0 Å². The number of amides is 1. The van der Waals surface area contributed by atoms with E-state index < -0.39 is 30.1 Å². The van der Waals surface area contributed by atoms with Crippen LogP contribution in [0.4, 0.5) is 14.5 Å². The number of hydrogen-bond acceptors (Lipinski definition) is 5. The third-order valence-corrected chi connectivity index (χ3v) is 4.77. The van der Waals surface area contributed by atoms with Crippen LogP contribution in [0.25, 0.3) is 10.2 Å². The van der Waals surface area contributed by atoms with E-state index in [2.05, 4.69) is 10.3 Å². The van der Waals surface area contributed by atoms with Crippen molar-refractivity contribution in [2.24, 2.45) is 0 Å². The van der Waals surface area contributed by atoms with E-state index in [1.807, 2.05) is 24.3 Å². The Morgan fingerprint density at radius 1 is 1.15 bits per heavy atom. The minimum Gasteiger partial charge on any atom is -0.456 e. The first-order valence-electron chi connectivity index (χ1n) is 8.26. The lowest BCUT2D eigenvalue weighted by atomic mass is 10.2. The first-order valence-corrected chi connectivity index (χ1v) is 9.08. The fraction of sp³-hybridized carbons (Fsp3) is 0.211. The molecule has 1 amide bonds. The number of halogens is 2. The number of carbonyl (C=O) groups is 2. The van der Waals surface area contributed by atoms with Crippen molar-refractivity contribution in [3.05, 3.63) is 59.1 Å². The normalized spacial score (nSPS) is 10.7. The molecule has 140 valence electrons. The molecule has 0 bridgehead atoms. The summed E-state index contributed by atoms with van der Waals surface area (Å²) in [7, 11) is 0. The summed E-state index contributed by atoms with van der Waals surface area (Å²) in [6.45, 7) is -0.560. The fourth-order valence-corrected chi connectivity index (χ4v) is 3.42. The molecule has 1 aromatic heterocycles. The number of nitrogens with zero attached hydrogens (tertiary/aromatic N) is 1. The Hall–Kier alpha value is -2.87. The molecule has 0 aliphatic carbocycles. The Morgan fingerprint density at radius 3 is 2.78 bits per heavy atom. The molecule has 3 rings (SSSR count). The summed E-state index contributed by atoms with van der Waals surface area (Å²) >= 11 is 1.58. The van der Waals surface area contributed by atoms with Gasteiger partial charge >= 0.3 is 5.97 Å². The topological polar surface area (TPSA) is 68.3 Å². The smallest absolute Gasteiger partial charge is 0.306 e. The molecule has 1 heterocycles. The van der Waals surface area contributed by atoms with Crippen LogP contribution in [0.15, 0.2) is 42.5 Å². The number of aromatic nitrogens is 1. The van der Waals surface area contributed by atoms with E-state index in [1.54, 1.807) is 11.3 Å². The number of fused-ring (bicyclic) bond motifs is 1. The van der Waals surface area contributed by atoms with Crippen LogP contribution in [-0.2, 0) is 20.7 Å². The lowest BCUT2D eigenvalue weighted by Gasteiger charge is -2.07. The zero-order valence-electron chi connectivity index (χ0n) is 14.2. The monoisotopic (exact) mass is 390 g/mol. The number of benzene rings is 2. The van der Waals surface area contributed by atoms with Crippen molar-refractivity contribution in [3.8, 4) is 0 Å². The van der Waals surface area contributed by atoms with Crippen molar-refractivity contribution < 1.29 is 23.1 Å². The highest BCUT2D eigenvalue weighted by molar-refractivity contribution is 7.18. The van der Waals surface area contributed by atoms with Gasteiger partial charge in [0.2, 0.25) is 0 Å². The number of nitrogens with one attached hydrogen (secondary N) is 1. The maximum Gasteiger partial charge on any atom is 0.306 e. The predicted octanol–water partition coefficient (Wildman–Crippen LogP) is 4.08. The first kappa shape index (κ1) is 18.9. The lowest BCUT2D eigenvalue weighted by molar-refractivity contribution is -0.147. The van der Waals surface area contributed by atoms with E-state index in [0.717, 1.165) is 33.4 Å². The second kappa shape index (κ2) is 8.68. The zero-order chi connectivity index (χ0) is 19.2. The second-order valence-electron chi connectivity index (χ2n) is 5.76. The molecule has 27 heavy (non-hydrogen) atoms. The van der Waals surface area contributed by atoms with Crippen LogP contribution in [0, 0.1) is 11.6 Å². The van der Waals surface area contributed by atoms with E-state index in [-0.39, 0.29) is 12.1 Å². The molecule has 3 aromatic rings. The van der Waals surface area contributed by atoms with Gasteiger partial charge in [-0.2, -0.15) is 0 Å². The molecule has 8 heteroatoms. The summed E-state index contributed by atoms with van der Waals surface area (Å²) in [5.41, 5.74) is 0.633. The molecule has 5 nitrogen and oxygen atoms in total. The fourth-order valence-electron chi connectivity index (χ4n) is 2.41. The molecule has 0 spiro atoms. The third-order valence-electron chi connectivity index (χ3n) is 3.68. The molecule has 0 saturated heterocycles. The van der Waals surface area contributed by atoms with E-state index in [9.17, 15) is 18.4 Å². The van der Waals surface area contributed by atoms with Gasteiger partial charge in [-0.05, 0) is 37.1 Å². The summed E-state index contributed by atoms with van der Waals surface area (Å²) < 4.78 is 32.4. The standard InChI is InChI=1S/C19H16F2N2O3S/c20-12-8-9-13(21)15(10-12)22-17(24)11-26-19(25)7-3-6-18-23-14-4-1-2-5-16(14)27-18/h1-2,4-5,8-10H,3,6-7,11H2,(H,22,24). The average molecular weight is 390 g/mol. The highest BCUT2D eigenvalue weighted by Crippen LogP contribution is 2.22. The van der Waals surface area contributed by atoms with Crippen molar-refractivity contribution in [1.82, 2.24) is 4.98 Å². The molecule has 0 aliphatic rings. The Kier molecular flexibility index (Phi) is 6.08. The molecule has 1 N–H and O–H groups in total. The Morgan fingerprint density at radius 2 is 1.96 bits per heavy atom. The van der Waals surface area contributed by atoms with Crippen molar-refractivity contribution in [3.63, 3.8) is 0 Å². The van der Waals surface area contributed by atoms with Crippen LogP contribution in [-0.4, -0.2) is 23.5 Å². The van der Waals surface area contributed by atoms with E-state index in [1.165, 1.54) is 0 Å². The highest BCUT2D eigenvalue weighted by Gasteiger charge is 2.11. The minimum atomic E-state index is -0.771. The number of thiazole rings is 1. The molecule has 0 unspecified atom stereocenters. The SMILES string of the molecule is O=C(COC(=O)CCCc1nc2ccccc2s1)Nc1cc(F)ccc1F. The summed E-state index contributed by atoms with van der Waals surface area (Å²) in [5, 5.41) is 3.10. The van der Waals surface area contributed by atoms with Gasteiger partial charge in [0.1, 0.15) is 11.6 Å². The van der Waals surface area contributed by atoms with Crippen LogP contribution < -0.4 is 5.32 Å². The number of ether oxygens (including phenoxy) is 1. The number of hydrogen-bond donors (Lipinski definition) is 1.